The van der Waals surface area contributed by atoms with Crippen LogP contribution in [-0.4, -0.2) is 81.4 Å². The fourth-order valence-electron chi connectivity index (χ4n) is 5.22. The van der Waals surface area contributed by atoms with E-state index in [-0.39, 0.29) is 24.4 Å². The Kier molecular flexibility index (Phi) is 10.3. The van der Waals surface area contributed by atoms with Gasteiger partial charge in [-0.25, -0.2) is 4.79 Å². The van der Waals surface area contributed by atoms with Gasteiger partial charge in [0.2, 0.25) is 11.8 Å². The summed E-state index contributed by atoms with van der Waals surface area (Å²) in [4.78, 5) is 46.1. The van der Waals surface area contributed by atoms with Gasteiger partial charge in [-0.05, 0) is 59.2 Å². The highest BCUT2D eigenvalue weighted by atomic mass is 32.2. The highest BCUT2D eigenvalue weighted by molar-refractivity contribution is 7.98. The average molecular weight is 549 g/mol. The molecule has 2 atom stereocenters. The zero-order chi connectivity index (χ0) is 27.6. The number of carbonyl (C=O) groups excluding carboxylic acids is 2. The lowest BCUT2D eigenvalue weighted by Crippen LogP contribution is -2.49. The standard InChI is InChI=1S/C30H36N4O4S/c1-39-16-13-27(30(37)38)32-28(35)21-33(19-24-10-4-9-23-8-2-3-12-26(23)24)20-25-11-6-15-34(25)29(36)17-22-7-5-14-31-18-22/h2-5,7-10,12,14,18,25,27H,6,11,13,15-17,19-21H2,1H3,(H,32,35)(H,37,38)/t25-,27?/m0/s1. The quantitative estimate of drug-likeness (QED) is 0.337. The number of carboxylic acid groups (broad SMARTS) is 1. The molecule has 39 heavy (non-hydrogen) atoms. The van der Waals surface area contributed by atoms with Crippen molar-refractivity contribution in [2.24, 2.45) is 0 Å². The first kappa shape index (κ1) is 28.6. The van der Waals surface area contributed by atoms with Crippen LogP contribution in [0.5, 0.6) is 0 Å². The van der Waals surface area contributed by atoms with Gasteiger partial charge in [0, 0.05) is 38.1 Å². The number of benzene rings is 2. The van der Waals surface area contributed by atoms with Crippen molar-refractivity contribution >= 4 is 40.3 Å². The molecule has 1 aromatic heterocycles. The van der Waals surface area contributed by atoms with E-state index in [0.29, 0.717) is 38.2 Å². The van der Waals surface area contributed by atoms with Crippen molar-refractivity contribution in [3.63, 3.8) is 0 Å². The molecule has 2 amide bonds. The number of fused-ring (bicyclic) bond motifs is 1. The molecule has 9 heteroatoms. The Hall–Kier alpha value is -3.43. The van der Waals surface area contributed by atoms with Crippen LogP contribution in [0.4, 0.5) is 0 Å². The topological polar surface area (TPSA) is 103 Å². The number of aliphatic carboxylic acids is 1. The molecule has 0 saturated carbocycles. The second-order valence-corrected chi connectivity index (χ2v) is 11.0. The predicted octanol–water partition coefficient (Wildman–Crippen LogP) is 3.59. The third-order valence-corrected chi connectivity index (χ3v) is 7.77. The fraction of sp³-hybridized carbons (Fsp3) is 0.400. The van der Waals surface area contributed by atoms with Crippen LogP contribution in [-0.2, 0) is 27.3 Å². The van der Waals surface area contributed by atoms with Crippen LogP contribution in [0.25, 0.3) is 10.8 Å². The molecule has 0 aliphatic carbocycles. The predicted molar refractivity (Wildman–Crippen MR) is 154 cm³/mol. The number of nitrogens with zero attached hydrogens (tertiary/aromatic N) is 3. The largest absolute Gasteiger partial charge is 0.480 e. The number of carbonyl (C=O) groups is 3. The van der Waals surface area contributed by atoms with Crippen LogP contribution in [0, 0.1) is 0 Å². The molecule has 3 aromatic rings. The Morgan fingerprint density at radius 1 is 1.15 bits per heavy atom. The molecule has 2 aromatic carbocycles. The average Bonchev–Trinajstić information content (AvgIpc) is 3.40. The Balaban J connectivity index is 1.51. The monoisotopic (exact) mass is 548 g/mol. The first-order valence-corrected chi connectivity index (χ1v) is 14.7. The number of likely N-dealkylation sites (tertiary alicyclic amines) is 1. The van der Waals surface area contributed by atoms with E-state index < -0.39 is 12.0 Å². The highest BCUT2D eigenvalue weighted by Gasteiger charge is 2.31. The molecule has 0 bridgehead atoms. The lowest BCUT2D eigenvalue weighted by molar-refractivity contribution is -0.142. The second kappa shape index (κ2) is 14.1. The van der Waals surface area contributed by atoms with Crippen molar-refractivity contribution in [2.75, 3.05) is 31.6 Å². The van der Waals surface area contributed by atoms with Gasteiger partial charge in [-0.1, -0.05) is 48.5 Å². The summed E-state index contributed by atoms with van der Waals surface area (Å²) in [7, 11) is 0. The number of carboxylic acids is 1. The van der Waals surface area contributed by atoms with Crippen molar-refractivity contribution in [3.05, 3.63) is 78.1 Å². The molecule has 1 fully saturated rings. The zero-order valence-corrected chi connectivity index (χ0v) is 23.1. The van der Waals surface area contributed by atoms with E-state index in [2.05, 4.69) is 34.6 Å². The molecule has 2 heterocycles. The zero-order valence-electron chi connectivity index (χ0n) is 22.3. The fourth-order valence-corrected chi connectivity index (χ4v) is 5.69. The van der Waals surface area contributed by atoms with Crippen LogP contribution < -0.4 is 5.32 Å². The lowest BCUT2D eigenvalue weighted by Gasteiger charge is -2.31. The number of nitrogens with one attached hydrogen (secondary N) is 1. The van der Waals surface area contributed by atoms with E-state index in [9.17, 15) is 19.5 Å². The maximum Gasteiger partial charge on any atom is 0.326 e. The second-order valence-electron chi connectivity index (χ2n) is 9.97. The normalized spacial score (nSPS) is 15.9. The molecule has 2 N–H and O–H groups in total. The number of thioether (sulfide) groups is 1. The molecular weight excluding hydrogens is 512 g/mol. The molecule has 0 radical (unpaired) electrons. The van der Waals surface area contributed by atoms with Gasteiger partial charge in [0.1, 0.15) is 6.04 Å². The molecule has 0 spiro atoms. The van der Waals surface area contributed by atoms with Crippen molar-refractivity contribution in [2.45, 2.75) is 44.3 Å². The van der Waals surface area contributed by atoms with Gasteiger partial charge in [0.15, 0.2) is 0 Å². The number of aromatic nitrogens is 1. The first-order chi connectivity index (χ1) is 18.9. The molecular formula is C30H36N4O4S. The van der Waals surface area contributed by atoms with E-state index in [1.165, 1.54) is 0 Å². The van der Waals surface area contributed by atoms with Crippen molar-refractivity contribution < 1.29 is 19.5 Å². The molecule has 1 aliphatic heterocycles. The summed E-state index contributed by atoms with van der Waals surface area (Å²) in [6, 6.07) is 17.1. The lowest BCUT2D eigenvalue weighted by atomic mass is 10.0. The maximum absolute atomic E-state index is 13.2. The number of rotatable bonds is 13. The Bertz CT molecular complexity index is 1270. The summed E-state index contributed by atoms with van der Waals surface area (Å²) in [5.41, 5.74) is 1.97. The summed E-state index contributed by atoms with van der Waals surface area (Å²) >= 11 is 1.55. The molecule has 4 rings (SSSR count). The van der Waals surface area contributed by atoms with Crippen molar-refractivity contribution in [1.82, 2.24) is 20.1 Å². The van der Waals surface area contributed by atoms with Gasteiger partial charge in [0.05, 0.1) is 13.0 Å². The number of pyridine rings is 1. The molecule has 1 aliphatic rings. The summed E-state index contributed by atoms with van der Waals surface area (Å²) < 4.78 is 0. The maximum atomic E-state index is 13.2. The van der Waals surface area contributed by atoms with Crippen LogP contribution in [0.1, 0.15) is 30.4 Å². The van der Waals surface area contributed by atoms with Gasteiger partial charge in [-0.15, -0.1) is 0 Å². The Labute approximate surface area is 233 Å². The van der Waals surface area contributed by atoms with Gasteiger partial charge >= 0.3 is 5.97 Å². The van der Waals surface area contributed by atoms with E-state index in [4.69, 9.17) is 0 Å². The van der Waals surface area contributed by atoms with E-state index in [1.54, 1.807) is 24.2 Å². The van der Waals surface area contributed by atoms with Gasteiger partial charge in [-0.3, -0.25) is 19.5 Å². The Morgan fingerprint density at radius 3 is 2.74 bits per heavy atom. The smallest absolute Gasteiger partial charge is 0.326 e. The van der Waals surface area contributed by atoms with Crippen molar-refractivity contribution in [1.29, 1.82) is 0 Å². The third kappa shape index (κ3) is 8.03. The van der Waals surface area contributed by atoms with Crippen LogP contribution in [0.3, 0.4) is 0 Å². The van der Waals surface area contributed by atoms with Gasteiger partial charge in [-0.2, -0.15) is 11.8 Å². The minimum atomic E-state index is -1.03. The van der Waals surface area contributed by atoms with Crippen LogP contribution in [0.15, 0.2) is 67.0 Å². The van der Waals surface area contributed by atoms with Gasteiger partial charge < -0.3 is 15.3 Å². The number of hydrogen-bond donors (Lipinski definition) is 2. The van der Waals surface area contributed by atoms with Crippen molar-refractivity contribution in [3.8, 4) is 0 Å². The number of hydrogen-bond acceptors (Lipinski definition) is 6. The summed E-state index contributed by atoms with van der Waals surface area (Å²) in [5, 5.41) is 14.5. The molecule has 8 nitrogen and oxygen atoms in total. The third-order valence-electron chi connectivity index (χ3n) is 7.13. The van der Waals surface area contributed by atoms with Crippen LogP contribution >= 0.6 is 11.8 Å². The SMILES string of the molecule is CSCCC(NC(=O)CN(Cc1cccc2ccccc12)C[C@@H]1CCCN1C(=O)Cc1cccnc1)C(=O)O. The molecule has 1 saturated heterocycles. The Morgan fingerprint density at radius 2 is 1.97 bits per heavy atom. The summed E-state index contributed by atoms with van der Waals surface area (Å²) in [6.07, 6.45) is 7.75. The first-order valence-electron chi connectivity index (χ1n) is 13.3. The highest BCUT2D eigenvalue weighted by Crippen LogP contribution is 2.23. The molecule has 206 valence electrons. The molecule has 1 unspecified atom stereocenters. The van der Waals surface area contributed by atoms with E-state index in [0.717, 1.165) is 34.7 Å². The number of amides is 2. The minimum Gasteiger partial charge on any atom is -0.480 e. The summed E-state index contributed by atoms with van der Waals surface area (Å²) in [5.74, 6) is -0.647. The summed E-state index contributed by atoms with van der Waals surface area (Å²) in [6.45, 7) is 1.78. The van der Waals surface area contributed by atoms with Gasteiger partial charge in [0.25, 0.3) is 0 Å². The van der Waals surface area contributed by atoms with Crippen LogP contribution in [0.2, 0.25) is 0 Å². The van der Waals surface area contributed by atoms with E-state index >= 15 is 0 Å². The minimum absolute atomic E-state index is 0.0243. The van der Waals surface area contributed by atoms with E-state index in [1.807, 2.05) is 46.4 Å².